The van der Waals surface area contributed by atoms with Crippen molar-refractivity contribution in [1.82, 2.24) is 0 Å². The first-order valence-corrected chi connectivity index (χ1v) is 11.6. The molecule has 27 heavy (non-hydrogen) atoms. The maximum atomic E-state index is 12.3. The minimum absolute atomic E-state index is 0.0275. The molecule has 0 aliphatic carbocycles. The first kappa shape index (κ1) is 20.1. The molecular weight excluding hydrogens is 427 g/mol. The molecular formula is C21H22BrO4P. The molecule has 3 aromatic rings. The summed E-state index contributed by atoms with van der Waals surface area (Å²) in [6.07, 6.45) is -0.0275. The summed E-state index contributed by atoms with van der Waals surface area (Å²) in [5.41, 5.74) is 2.91. The summed E-state index contributed by atoms with van der Waals surface area (Å²) >= 11 is 3.52. The van der Waals surface area contributed by atoms with Gasteiger partial charge in [-0.2, -0.15) is 0 Å². The van der Waals surface area contributed by atoms with E-state index in [1.807, 2.05) is 60.7 Å². The fourth-order valence-corrected chi connectivity index (χ4v) is 4.76. The number of benzene rings is 3. The van der Waals surface area contributed by atoms with Crippen LogP contribution in [-0.2, 0) is 27.2 Å². The van der Waals surface area contributed by atoms with Crippen molar-refractivity contribution in [3.05, 3.63) is 77.4 Å². The second-order valence-corrected chi connectivity index (χ2v) is 8.59. The van der Waals surface area contributed by atoms with Crippen molar-refractivity contribution >= 4 is 34.3 Å². The Labute approximate surface area is 167 Å². The molecule has 0 aliphatic heterocycles. The Balaban J connectivity index is 2.00. The highest BCUT2D eigenvalue weighted by atomic mass is 79.9. The molecule has 1 unspecified atom stereocenters. The van der Waals surface area contributed by atoms with Gasteiger partial charge < -0.3 is 14.2 Å². The summed E-state index contributed by atoms with van der Waals surface area (Å²) in [6, 6.07) is 19.7. The Morgan fingerprint density at radius 1 is 1.00 bits per heavy atom. The lowest BCUT2D eigenvalue weighted by Gasteiger charge is -2.17. The van der Waals surface area contributed by atoms with Gasteiger partial charge in [0.1, 0.15) is 12.4 Å². The minimum atomic E-state index is -3.68. The number of ether oxygens (including phenoxy) is 1. The smallest absolute Gasteiger partial charge is 0.332 e. The fraction of sp³-hybridized carbons (Fsp3) is 0.238. The highest BCUT2D eigenvalue weighted by molar-refractivity contribution is 9.08. The first-order chi connectivity index (χ1) is 13.0. The van der Waals surface area contributed by atoms with Crippen LogP contribution in [0.5, 0.6) is 5.75 Å². The molecule has 0 saturated carbocycles. The maximum absolute atomic E-state index is 12.3. The van der Waals surface area contributed by atoms with E-state index in [-0.39, 0.29) is 12.8 Å². The number of alkyl halides is 1. The molecule has 0 bridgehead atoms. The number of halogens is 1. The lowest BCUT2D eigenvalue weighted by atomic mass is 10.00. The molecule has 0 amide bonds. The quantitative estimate of drug-likeness (QED) is 0.337. The molecule has 3 aromatic carbocycles. The Morgan fingerprint density at radius 2 is 1.78 bits per heavy atom. The van der Waals surface area contributed by atoms with Gasteiger partial charge >= 0.3 is 7.60 Å². The third kappa shape index (κ3) is 4.99. The standard InChI is InChI=1S/C21H22BrO4P/c1-2-26-27(23,24)15-18-11-12-20(25-14-16-7-4-3-5-8-16)19-10-6-9-17(13-22)21(18)19/h3-12H,2,13-15H2,1H3,(H,23,24). The van der Waals surface area contributed by atoms with Crippen LogP contribution in [0.2, 0.25) is 0 Å². The zero-order valence-electron chi connectivity index (χ0n) is 15.1. The molecule has 0 heterocycles. The van der Waals surface area contributed by atoms with Crippen molar-refractivity contribution in [2.45, 2.75) is 25.0 Å². The molecule has 1 atom stereocenters. The Morgan fingerprint density at radius 3 is 2.48 bits per heavy atom. The van der Waals surface area contributed by atoms with E-state index in [4.69, 9.17) is 9.26 Å². The van der Waals surface area contributed by atoms with Crippen molar-refractivity contribution < 1.29 is 18.7 Å². The van der Waals surface area contributed by atoms with Crippen molar-refractivity contribution in [3.8, 4) is 5.75 Å². The number of hydrogen-bond donors (Lipinski definition) is 1. The predicted octanol–water partition coefficient (Wildman–Crippen LogP) is 6.04. The van der Waals surface area contributed by atoms with E-state index in [9.17, 15) is 9.46 Å². The van der Waals surface area contributed by atoms with Crippen LogP contribution in [0.1, 0.15) is 23.6 Å². The van der Waals surface area contributed by atoms with Crippen molar-refractivity contribution in [3.63, 3.8) is 0 Å². The summed E-state index contributed by atoms with van der Waals surface area (Å²) in [6.45, 7) is 2.38. The minimum Gasteiger partial charge on any atom is -0.488 e. The van der Waals surface area contributed by atoms with Crippen LogP contribution < -0.4 is 4.74 Å². The molecule has 1 N–H and O–H groups in total. The van der Waals surface area contributed by atoms with E-state index in [2.05, 4.69) is 15.9 Å². The van der Waals surface area contributed by atoms with Crippen LogP contribution >= 0.6 is 23.5 Å². The van der Waals surface area contributed by atoms with Crippen LogP contribution in [0.3, 0.4) is 0 Å². The second kappa shape index (κ2) is 9.03. The lowest BCUT2D eigenvalue weighted by Crippen LogP contribution is -2.00. The van der Waals surface area contributed by atoms with E-state index >= 15 is 0 Å². The number of fused-ring (bicyclic) bond motifs is 1. The Bertz CT molecular complexity index is 959. The van der Waals surface area contributed by atoms with Gasteiger partial charge in [0, 0.05) is 10.7 Å². The zero-order chi connectivity index (χ0) is 19.3. The normalized spacial score (nSPS) is 13.4. The molecule has 142 valence electrons. The topological polar surface area (TPSA) is 55.8 Å². The van der Waals surface area contributed by atoms with Gasteiger partial charge in [0.15, 0.2) is 0 Å². The van der Waals surface area contributed by atoms with Gasteiger partial charge in [-0.25, -0.2) is 0 Å². The largest absolute Gasteiger partial charge is 0.488 e. The van der Waals surface area contributed by atoms with Crippen LogP contribution in [-0.4, -0.2) is 11.5 Å². The fourth-order valence-electron chi connectivity index (χ4n) is 3.10. The van der Waals surface area contributed by atoms with E-state index in [1.54, 1.807) is 6.92 Å². The molecule has 0 spiro atoms. The average Bonchev–Trinajstić information content (AvgIpc) is 2.67. The molecule has 0 saturated heterocycles. The predicted molar refractivity (Wildman–Crippen MR) is 113 cm³/mol. The number of rotatable bonds is 8. The molecule has 4 nitrogen and oxygen atoms in total. The van der Waals surface area contributed by atoms with Crippen LogP contribution in [0, 0.1) is 0 Å². The van der Waals surface area contributed by atoms with Crippen molar-refractivity contribution in [2.75, 3.05) is 6.61 Å². The molecule has 0 aliphatic rings. The average molecular weight is 449 g/mol. The lowest BCUT2D eigenvalue weighted by molar-refractivity contribution is 0.272. The van der Waals surface area contributed by atoms with Crippen molar-refractivity contribution in [1.29, 1.82) is 0 Å². The van der Waals surface area contributed by atoms with E-state index < -0.39 is 7.60 Å². The summed E-state index contributed by atoms with van der Waals surface area (Å²) < 4.78 is 23.4. The van der Waals surface area contributed by atoms with E-state index in [0.29, 0.717) is 11.9 Å². The van der Waals surface area contributed by atoms with Crippen LogP contribution in [0.15, 0.2) is 60.7 Å². The summed E-state index contributed by atoms with van der Waals surface area (Å²) in [5, 5.41) is 2.51. The van der Waals surface area contributed by atoms with E-state index in [0.717, 1.165) is 33.2 Å². The van der Waals surface area contributed by atoms with E-state index in [1.165, 1.54) is 0 Å². The van der Waals surface area contributed by atoms with Gasteiger partial charge in [0.25, 0.3) is 0 Å². The molecule has 3 rings (SSSR count). The van der Waals surface area contributed by atoms with Gasteiger partial charge in [0.05, 0.1) is 12.8 Å². The van der Waals surface area contributed by atoms with Gasteiger partial charge in [-0.05, 0) is 35.1 Å². The Kier molecular flexibility index (Phi) is 6.72. The van der Waals surface area contributed by atoms with Gasteiger partial charge in [-0.15, -0.1) is 0 Å². The van der Waals surface area contributed by atoms with Crippen LogP contribution in [0.4, 0.5) is 0 Å². The molecule has 0 fully saturated rings. The summed E-state index contributed by atoms with van der Waals surface area (Å²) in [5.74, 6) is 0.754. The Hall–Kier alpha value is -1.65. The monoisotopic (exact) mass is 448 g/mol. The third-order valence-electron chi connectivity index (χ3n) is 4.26. The molecule has 0 radical (unpaired) electrons. The first-order valence-electron chi connectivity index (χ1n) is 8.76. The van der Waals surface area contributed by atoms with Gasteiger partial charge in [0.2, 0.25) is 0 Å². The maximum Gasteiger partial charge on any atom is 0.332 e. The zero-order valence-corrected chi connectivity index (χ0v) is 17.6. The SMILES string of the molecule is CCOP(=O)(O)Cc1ccc(OCc2ccccc2)c2cccc(CBr)c12. The van der Waals surface area contributed by atoms with Gasteiger partial charge in [-0.3, -0.25) is 4.57 Å². The molecule has 0 aromatic heterocycles. The summed E-state index contributed by atoms with van der Waals surface area (Å²) in [7, 11) is -3.68. The second-order valence-electron chi connectivity index (χ2n) is 6.18. The number of hydrogen-bond acceptors (Lipinski definition) is 3. The highest BCUT2D eigenvalue weighted by Gasteiger charge is 2.22. The summed E-state index contributed by atoms with van der Waals surface area (Å²) in [4.78, 5) is 10.1. The highest BCUT2D eigenvalue weighted by Crippen LogP contribution is 2.47. The van der Waals surface area contributed by atoms with Gasteiger partial charge in [-0.1, -0.05) is 70.5 Å². The van der Waals surface area contributed by atoms with Crippen molar-refractivity contribution in [2.24, 2.45) is 0 Å². The van der Waals surface area contributed by atoms with Crippen LogP contribution in [0.25, 0.3) is 10.8 Å². The molecule has 6 heteroatoms. The third-order valence-corrected chi connectivity index (χ3v) is 6.26.